The molecule has 1 unspecified atom stereocenters. The molecule has 0 fully saturated rings. The van der Waals surface area contributed by atoms with E-state index < -0.39 is 0 Å². The van der Waals surface area contributed by atoms with Crippen LogP contribution in [0, 0.1) is 5.92 Å². The zero-order valence-electron chi connectivity index (χ0n) is 10.4. The number of H-pyrrole nitrogens is 1. The number of thiophene rings is 1. The third-order valence-corrected chi connectivity index (χ3v) is 4.99. The molecule has 2 aromatic heterocycles. The second-order valence-electron chi connectivity index (χ2n) is 4.72. The molecule has 106 valence electrons. The third-order valence-electron chi connectivity index (χ3n) is 3.42. The van der Waals surface area contributed by atoms with E-state index in [1.54, 1.807) is 6.07 Å². The van der Waals surface area contributed by atoms with Crippen molar-refractivity contribution in [2.24, 2.45) is 5.92 Å². The maximum absolute atomic E-state index is 12.2. The van der Waals surface area contributed by atoms with Crippen LogP contribution in [-0.2, 0) is 24.2 Å². The molecule has 1 aliphatic carbocycles. The number of carbonyl (C=O) groups excluding carboxylic acids is 1. The lowest BCUT2D eigenvalue weighted by atomic mass is 9.89. The first-order chi connectivity index (χ1) is 9.63. The van der Waals surface area contributed by atoms with Gasteiger partial charge in [-0.1, -0.05) is 23.2 Å². The fourth-order valence-corrected chi connectivity index (χ4v) is 3.82. The molecule has 8 heteroatoms. The topological polar surface area (TPSA) is 70.7 Å². The minimum Gasteiger partial charge on any atom is -0.352 e. The fourth-order valence-electron chi connectivity index (χ4n) is 2.33. The molecule has 1 atom stereocenters. The second kappa shape index (κ2) is 5.71. The molecule has 0 spiro atoms. The Labute approximate surface area is 129 Å². The molecule has 0 radical (unpaired) electrons. The Balaban J connectivity index is 1.59. The van der Waals surface area contributed by atoms with Gasteiger partial charge in [-0.15, -0.1) is 11.3 Å². The molecule has 3 rings (SSSR count). The molecule has 0 aliphatic heterocycles. The van der Waals surface area contributed by atoms with Crippen molar-refractivity contribution in [3.63, 3.8) is 0 Å². The van der Waals surface area contributed by atoms with Crippen molar-refractivity contribution in [3.8, 4) is 0 Å². The standard InChI is InChI=1S/C12H12Cl2N4OS/c13-10-4-7(11(14)20-10)5-15-12(19)6-1-2-8-9(3-6)17-18-16-8/h4,6H,1-3,5H2,(H,15,19)(H,16,17,18). The third kappa shape index (κ3) is 2.82. The molecular weight excluding hydrogens is 319 g/mol. The summed E-state index contributed by atoms with van der Waals surface area (Å²) in [6.45, 7) is 0.406. The molecule has 1 aliphatic rings. The van der Waals surface area contributed by atoms with E-state index in [1.807, 2.05) is 0 Å². The van der Waals surface area contributed by atoms with Crippen LogP contribution in [0.2, 0.25) is 8.67 Å². The Bertz CT molecular complexity index is 639. The van der Waals surface area contributed by atoms with Gasteiger partial charge in [-0.25, -0.2) is 0 Å². The minimum absolute atomic E-state index is 0.0250. The SMILES string of the molecule is O=C(NCc1cc(Cl)sc1Cl)C1CCc2n[nH]nc2C1. The van der Waals surface area contributed by atoms with Crippen LogP contribution >= 0.6 is 34.5 Å². The second-order valence-corrected chi connectivity index (χ2v) is 7.01. The summed E-state index contributed by atoms with van der Waals surface area (Å²) < 4.78 is 1.25. The first-order valence-corrected chi connectivity index (χ1v) is 7.80. The van der Waals surface area contributed by atoms with Gasteiger partial charge in [-0.2, -0.15) is 15.4 Å². The summed E-state index contributed by atoms with van der Waals surface area (Å²) in [6, 6.07) is 1.78. The molecule has 0 saturated heterocycles. The maximum Gasteiger partial charge on any atom is 0.223 e. The average molecular weight is 331 g/mol. The monoisotopic (exact) mass is 330 g/mol. The Hall–Kier alpha value is -1.11. The molecule has 20 heavy (non-hydrogen) atoms. The van der Waals surface area contributed by atoms with Crippen LogP contribution in [0.5, 0.6) is 0 Å². The van der Waals surface area contributed by atoms with Crippen molar-refractivity contribution >= 4 is 40.4 Å². The number of aromatic nitrogens is 3. The number of fused-ring (bicyclic) bond motifs is 1. The summed E-state index contributed by atoms with van der Waals surface area (Å²) in [5.74, 6) is -0.0301. The van der Waals surface area contributed by atoms with Gasteiger partial charge in [0, 0.05) is 24.4 Å². The van der Waals surface area contributed by atoms with Crippen LogP contribution in [0.4, 0.5) is 0 Å². The van der Waals surface area contributed by atoms with Gasteiger partial charge in [-0.3, -0.25) is 4.79 Å². The zero-order chi connectivity index (χ0) is 14.1. The highest BCUT2D eigenvalue weighted by molar-refractivity contribution is 7.20. The van der Waals surface area contributed by atoms with E-state index in [0.29, 0.717) is 21.6 Å². The lowest BCUT2D eigenvalue weighted by Gasteiger charge is -2.19. The lowest BCUT2D eigenvalue weighted by molar-refractivity contribution is -0.125. The Morgan fingerprint density at radius 1 is 1.45 bits per heavy atom. The number of aryl methyl sites for hydroxylation is 1. The number of halogens is 2. The van der Waals surface area contributed by atoms with Gasteiger partial charge >= 0.3 is 0 Å². The average Bonchev–Trinajstić information content (AvgIpc) is 3.01. The van der Waals surface area contributed by atoms with Crippen molar-refractivity contribution in [1.82, 2.24) is 20.7 Å². The predicted octanol–water partition coefficient (Wildman–Crippen LogP) is 2.59. The van der Waals surface area contributed by atoms with Crippen LogP contribution < -0.4 is 5.32 Å². The van der Waals surface area contributed by atoms with Gasteiger partial charge in [0.25, 0.3) is 0 Å². The first kappa shape index (κ1) is 13.9. The van der Waals surface area contributed by atoms with Gasteiger partial charge in [0.2, 0.25) is 5.91 Å². The zero-order valence-corrected chi connectivity index (χ0v) is 12.8. The minimum atomic E-state index is -0.0551. The number of aromatic amines is 1. The quantitative estimate of drug-likeness (QED) is 0.908. The van der Waals surface area contributed by atoms with E-state index >= 15 is 0 Å². The highest BCUT2D eigenvalue weighted by Gasteiger charge is 2.27. The Morgan fingerprint density at radius 3 is 3.00 bits per heavy atom. The number of carbonyl (C=O) groups is 1. The molecule has 0 bridgehead atoms. The molecule has 5 nitrogen and oxygen atoms in total. The number of nitrogens with zero attached hydrogens (tertiary/aromatic N) is 2. The largest absolute Gasteiger partial charge is 0.352 e. The number of hydrogen-bond acceptors (Lipinski definition) is 4. The fraction of sp³-hybridized carbons (Fsp3) is 0.417. The van der Waals surface area contributed by atoms with Gasteiger partial charge in [0.1, 0.15) is 0 Å². The normalized spacial score (nSPS) is 17.8. The number of amides is 1. The van der Waals surface area contributed by atoms with E-state index in [-0.39, 0.29) is 11.8 Å². The van der Waals surface area contributed by atoms with Gasteiger partial charge in [0.15, 0.2) is 0 Å². The van der Waals surface area contributed by atoms with E-state index in [2.05, 4.69) is 20.7 Å². The van der Waals surface area contributed by atoms with Crippen molar-refractivity contribution in [1.29, 1.82) is 0 Å². The molecule has 0 aromatic carbocycles. The van der Waals surface area contributed by atoms with E-state index in [9.17, 15) is 4.79 Å². The van der Waals surface area contributed by atoms with E-state index in [1.165, 1.54) is 11.3 Å². The highest BCUT2D eigenvalue weighted by atomic mass is 35.5. The predicted molar refractivity (Wildman–Crippen MR) is 78.1 cm³/mol. The van der Waals surface area contributed by atoms with Crippen LogP contribution in [0.25, 0.3) is 0 Å². The van der Waals surface area contributed by atoms with Crippen molar-refractivity contribution in [2.45, 2.75) is 25.8 Å². The molecule has 1 amide bonds. The molecule has 2 N–H and O–H groups in total. The first-order valence-electron chi connectivity index (χ1n) is 6.23. The Morgan fingerprint density at radius 2 is 2.25 bits per heavy atom. The highest BCUT2D eigenvalue weighted by Crippen LogP contribution is 2.31. The number of hydrogen-bond donors (Lipinski definition) is 2. The summed E-state index contributed by atoms with van der Waals surface area (Å²) >= 11 is 13.2. The van der Waals surface area contributed by atoms with Crippen LogP contribution in [0.1, 0.15) is 23.4 Å². The summed E-state index contributed by atoms with van der Waals surface area (Å²) in [7, 11) is 0. The summed E-state index contributed by atoms with van der Waals surface area (Å²) in [5, 5.41) is 13.6. The molecular formula is C12H12Cl2N4OS. The summed E-state index contributed by atoms with van der Waals surface area (Å²) in [5.41, 5.74) is 2.72. The van der Waals surface area contributed by atoms with Crippen molar-refractivity contribution < 1.29 is 4.79 Å². The lowest BCUT2D eigenvalue weighted by Crippen LogP contribution is -2.33. The van der Waals surface area contributed by atoms with Crippen LogP contribution in [0.3, 0.4) is 0 Å². The van der Waals surface area contributed by atoms with E-state index in [0.717, 1.165) is 29.8 Å². The van der Waals surface area contributed by atoms with Crippen LogP contribution in [0.15, 0.2) is 6.07 Å². The smallest absolute Gasteiger partial charge is 0.223 e. The maximum atomic E-state index is 12.2. The summed E-state index contributed by atoms with van der Waals surface area (Å²) in [6.07, 6.45) is 2.22. The van der Waals surface area contributed by atoms with E-state index in [4.69, 9.17) is 23.2 Å². The van der Waals surface area contributed by atoms with Gasteiger partial charge in [0.05, 0.1) is 20.1 Å². The van der Waals surface area contributed by atoms with Gasteiger partial charge in [-0.05, 0) is 18.9 Å². The van der Waals surface area contributed by atoms with Crippen LogP contribution in [-0.4, -0.2) is 21.3 Å². The molecule has 2 heterocycles. The Kier molecular flexibility index (Phi) is 3.96. The summed E-state index contributed by atoms with van der Waals surface area (Å²) in [4.78, 5) is 12.2. The van der Waals surface area contributed by atoms with Crippen molar-refractivity contribution in [3.05, 3.63) is 31.7 Å². The molecule has 0 saturated carbocycles. The number of rotatable bonds is 3. The number of nitrogens with one attached hydrogen (secondary N) is 2. The van der Waals surface area contributed by atoms with Gasteiger partial charge < -0.3 is 5.32 Å². The molecule has 2 aromatic rings. The van der Waals surface area contributed by atoms with Crippen molar-refractivity contribution in [2.75, 3.05) is 0 Å².